The first-order valence-electron chi connectivity index (χ1n) is 9.03. The summed E-state index contributed by atoms with van der Waals surface area (Å²) in [6.07, 6.45) is 1.94. The van der Waals surface area contributed by atoms with E-state index in [0.29, 0.717) is 11.8 Å². The maximum absolute atomic E-state index is 12.2. The van der Waals surface area contributed by atoms with Crippen LogP contribution in [0, 0.1) is 23.7 Å². The molecule has 0 aliphatic heterocycles. The molecule has 2 aromatic rings. The topological polar surface area (TPSA) is 9.23 Å². The van der Waals surface area contributed by atoms with Crippen molar-refractivity contribution in [1.29, 1.82) is 0 Å². The quantitative estimate of drug-likeness (QED) is 0.437. The van der Waals surface area contributed by atoms with Crippen molar-refractivity contribution >= 4 is 0 Å². The SMILES string of the molecule is C=CC1CCC(C#Cc2ccc(-c3ccc(OC(F)(F)F)cc3)cc2)CC1. The Morgan fingerprint density at radius 2 is 1.44 bits per heavy atom. The van der Waals surface area contributed by atoms with Gasteiger partial charge in [0.2, 0.25) is 0 Å². The number of allylic oxidation sites excluding steroid dienone is 1. The molecule has 0 atom stereocenters. The molecule has 3 rings (SSSR count). The van der Waals surface area contributed by atoms with Gasteiger partial charge in [0.1, 0.15) is 5.75 Å². The largest absolute Gasteiger partial charge is 0.573 e. The minimum absolute atomic E-state index is 0.222. The van der Waals surface area contributed by atoms with E-state index in [9.17, 15) is 13.2 Å². The van der Waals surface area contributed by atoms with Crippen molar-refractivity contribution in [3.63, 3.8) is 0 Å². The second-order valence-corrected chi connectivity index (χ2v) is 6.77. The normalized spacial score (nSPS) is 19.7. The summed E-state index contributed by atoms with van der Waals surface area (Å²) in [6.45, 7) is 3.86. The van der Waals surface area contributed by atoms with Gasteiger partial charge in [-0.15, -0.1) is 19.8 Å². The van der Waals surface area contributed by atoms with E-state index in [1.54, 1.807) is 12.1 Å². The predicted octanol–water partition coefficient (Wildman–Crippen LogP) is 6.60. The highest BCUT2D eigenvalue weighted by Gasteiger charge is 2.30. The lowest BCUT2D eigenvalue weighted by molar-refractivity contribution is -0.274. The number of hydrogen-bond donors (Lipinski definition) is 0. The van der Waals surface area contributed by atoms with Crippen molar-refractivity contribution < 1.29 is 17.9 Å². The Morgan fingerprint density at radius 1 is 0.889 bits per heavy atom. The van der Waals surface area contributed by atoms with E-state index >= 15 is 0 Å². The lowest BCUT2D eigenvalue weighted by Gasteiger charge is -2.22. The van der Waals surface area contributed by atoms with E-state index in [2.05, 4.69) is 23.2 Å². The van der Waals surface area contributed by atoms with Gasteiger partial charge in [-0.25, -0.2) is 0 Å². The van der Waals surface area contributed by atoms with Gasteiger partial charge in [-0.1, -0.05) is 42.2 Å². The van der Waals surface area contributed by atoms with E-state index in [1.165, 1.54) is 12.1 Å². The maximum atomic E-state index is 12.2. The fourth-order valence-corrected chi connectivity index (χ4v) is 3.28. The summed E-state index contributed by atoms with van der Waals surface area (Å²) in [6, 6.07) is 13.6. The molecule has 0 radical (unpaired) electrons. The Balaban J connectivity index is 1.62. The molecule has 0 unspecified atom stereocenters. The Morgan fingerprint density at radius 3 is 1.96 bits per heavy atom. The lowest BCUT2D eigenvalue weighted by Crippen LogP contribution is -2.16. The van der Waals surface area contributed by atoms with Gasteiger partial charge in [0.25, 0.3) is 0 Å². The number of benzene rings is 2. The van der Waals surface area contributed by atoms with Gasteiger partial charge in [-0.2, -0.15) is 0 Å². The summed E-state index contributed by atoms with van der Waals surface area (Å²) in [5, 5.41) is 0. The van der Waals surface area contributed by atoms with Crippen LogP contribution in [0.15, 0.2) is 61.2 Å². The molecule has 1 saturated carbocycles. The summed E-state index contributed by atoms with van der Waals surface area (Å²) in [4.78, 5) is 0. The van der Waals surface area contributed by atoms with Crippen molar-refractivity contribution in [1.82, 2.24) is 0 Å². The molecule has 1 aliphatic rings. The molecular weight excluding hydrogens is 349 g/mol. The highest BCUT2D eigenvalue weighted by atomic mass is 19.4. The third-order valence-electron chi connectivity index (χ3n) is 4.83. The van der Waals surface area contributed by atoms with E-state index in [0.717, 1.165) is 42.4 Å². The summed E-state index contributed by atoms with van der Waals surface area (Å²) in [7, 11) is 0. The molecule has 2 aromatic carbocycles. The fraction of sp³-hybridized carbons (Fsp3) is 0.304. The summed E-state index contributed by atoms with van der Waals surface area (Å²) in [5.74, 6) is 7.46. The zero-order chi connectivity index (χ0) is 19.3. The molecule has 0 saturated heterocycles. The predicted molar refractivity (Wildman–Crippen MR) is 101 cm³/mol. The highest BCUT2D eigenvalue weighted by molar-refractivity contribution is 5.65. The Labute approximate surface area is 157 Å². The minimum Gasteiger partial charge on any atom is -0.406 e. The third-order valence-corrected chi connectivity index (χ3v) is 4.83. The number of ether oxygens (including phenoxy) is 1. The lowest BCUT2D eigenvalue weighted by atomic mass is 9.82. The molecule has 0 heterocycles. The van der Waals surface area contributed by atoms with Crippen LogP contribution in [-0.4, -0.2) is 6.36 Å². The van der Waals surface area contributed by atoms with Crippen molar-refractivity contribution in [2.45, 2.75) is 32.0 Å². The summed E-state index contributed by atoms with van der Waals surface area (Å²) >= 11 is 0. The van der Waals surface area contributed by atoms with Crippen LogP contribution in [0.4, 0.5) is 13.2 Å². The van der Waals surface area contributed by atoms with Crippen LogP contribution in [0.5, 0.6) is 5.75 Å². The zero-order valence-electron chi connectivity index (χ0n) is 14.9. The van der Waals surface area contributed by atoms with E-state index in [1.807, 2.05) is 30.3 Å². The van der Waals surface area contributed by atoms with E-state index in [-0.39, 0.29) is 5.75 Å². The Kier molecular flexibility index (Phi) is 5.91. The molecular formula is C23H21F3O. The molecule has 0 spiro atoms. The summed E-state index contributed by atoms with van der Waals surface area (Å²) < 4.78 is 40.5. The average Bonchev–Trinajstić information content (AvgIpc) is 2.67. The monoisotopic (exact) mass is 370 g/mol. The van der Waals surface area contributed by atoms with Crippen LogP contribution in [-0.2, 0) is 0 Å². The highest BCUT2D eigenvalue weighted by Crippen LogP contribution is 2.29. The molecule has 0 aromatic heterocycles. The number of rotatable bonds is 3. The van der Waals surface area contributed by atoms with Gasteiger partial charge < -0.3 is 4.74 Å². The Bertz CT molecular complexity index is 815. The second kappa shape index (κ2) is 8.35. The van der Waals surface area contributed by atoms with Crippen molar-refractivity contribution in [2.75, 3.05) is 0 Å². The zero-order valence-corrected chi connectivity index (χ0v) is 14.9. The van der Waals surface area contributed by atoms with Gasteiger partial charge in [0.15, 0.2) is 0 Å². The third kappa shape index (κ3) is 5.65. The first kappa shape index (κ1) is 19.1. The smallest absolute Gasteiger partial charge is 0.406 e. The van der Waals surface area contributed by atoms with E-state index in [4.69, 9.17) is 0 Å². The van der Waals surface area contributed by atoms with Crippen molar-refractivity contribution in [3.05, 3.63) is 66.7 Å². The van der Waals surface area contributed by atoms with Crippen LogP contribution in [0.2, 0.25) is 0 Å². The van der Waals surface area contributed by atoms with Gasteiger partial charge in [0, 0.05) is 11.5 Å². The molecule has 1 nitrogen and oxygen atoms in total. The van der Waals surface area contributed by atoms with E-state index < -0.39 is 6.36 Å². The van der Waals surface area contributed by atoms with Crippen LogP contribution in [0.1, 0.15) is 31.2 Å². The van der Waals surface area contributed by atoms with Crippen LogP contribution in [0.3, 0.4) is 0 Å². The molecule has 0 amide bonds. The molecule has 0 N–H and O–H groups in total. The molecule has 1 aliphatic carbocycles. The average molecular weight is 370 g/mol. The number of alkyl halides is 3. The fourth-order valence-electron chi connectivity index (χ4n) is 3.28. The van der Waals surface area contributed by atoms with Crippen molar-refractivity contribution in [2.24, 2.45) is 11.8 Å². The second-order valence-electron chi connectivity index (χ2n) is 6.77. The van der Waals surface area contributed by atoms with Crippen LogP contribution in [0.25, 0.3) is 11.1 Å². The van der Waals surface area contributed by atoms with Gasteiger partial charge in [-0.05, 0) is 67.0 Å². The summed E-state index contributed by atoms with van der Waals surface area (Å²) in [5.41, 5.74) is 2.69. The molecule has 140 valence electrons. The molecule has 4 heteroatoms. The van der Waals surface area contributed by atoms with Crippen LogP contribution < -0.4 is 4.74 Å². The maximum Gasteiger partial charge on any atom is 0.573 e. The number of halogens is 3. The van der Waals surface area contributed by atoms with Crippen molar-refractivity contribution in [3.8, 4) is 28.7 Å². The van der Waals surface area contributed by atoms with Crippen LogP contribution >= 0.6 is 0 Å². The minimum atomic E-state index is -4.67. The Hall–Kier alpha value is -2.67. The standard InChI is InChI=1S/C23H21F3O/c1-2-17-3-5-18(6-4-17)7-8-19-9-11-20(12-10-19)21-13-15-22(16-14-21)27-23(24,25)26/h2,9-18H,1,3-6H2. The first-order chi connectivity index (χ1) is 12.9. The number of hydrogen-bond acceptors (Lipinski definition) is 1. The van der Waals surface area contributed by atoms with Gasteiger partial charge >= 0.3 is 6.36 Å². The van der Waals surface area contributed by atoms with Gasteiger partial charge in [0.05, 0.1) is 0 Å². The first-order valence-corrected chi connectivity index (χ1v) is 9.03. The molecule has 1 fully saturated rings. The molecule has 0 bridgehead atoms. The van der Waals surface area contributed by atoms with Gasteiger partial charge in [-0.3, -0.25) is 0 Å². The molecule has 27 heavy (non-hydrogen) atoms.